The van der Waals surface area contributed by atoms with Crippen molar-refractivity contribution in [3.63, 3.8) is 0 Å². The van der Waals surface area contributed by atoms with E-state index >= 15 is 0 Å². The number of halogens is 4. The summed E-state index contributed by atoms with van der Waals surface area (Å²) in [6, 6.07) is 1.71. The molecule has 0 radical (unpaired) electrons. The van der Waals surface area contributed by atoms with Gasteiger partial charge in [0.25, 0.3) is 5.91 Å². The Hall–Kier alpha value is -3.22. The zero-order chi connectivity index (χ0) is 23.4. The minimum Gasteiger partial charge on any atom is -0.475 e. The lowest BCUT2D eigenvalue weighted by atomic mass is 9.88. The van der Waals surface area contributed by atoms with Crippen molar-refractivity contribution in [3.05, 3.63) is 42.4 Å². The number of carboxylic acids is 1. The zero-order valence-electron chi connectivity index (χ0n) is 16.6. The molecule has 2 saturated heterocycles. The molecule has 2 aliphatic heterocycles. The summed E-state index contributed by atoms with van der Waals surface area (Å²) in [5.74, 6) is -2.87. The number of piperidine rings is 1. The van der Waals surface area contributed by atoms with Crippen molar-refractivity contribution in [1.82, 2.24) is 14.9 Å². The number of rotatable bonds is 3. The van der Waals surface area contributed by atoms with Gasteiger partial charge in [0.1, 0.15) is 6.26 Å². The van der Waals surface area contributed by atoms with Gasteiger partial charge in [-0.1, -0.05) is 0 Å². The van der Waals surface area contributed by atoms with Crippen molar-refractivity contribution in [3.8, 4) is 0 Å². The molecule has 9 nitrogen and oxygen atoms in total. The normalized spacial score (nSPS) is 22.9. The first kappa shape index (κ1) is 23.4. The number of amides is 1. The first-order valence-electron chi connectivity index (χ1n) is 9.58. The summed E-state index contributed by atoms with van der Waals surface area (Å²) in [6.45, 7) is 1.78. The van der Waals surface area contributed by atoms with Crippen LogP contribution in [0.4, 0.5) is 23.5 Å². The fourth-order valence-electron chi connectivity index (χ4n) is 3.63. The van der Waals surface area contributed by atoms with Crippen LogP contribution in [0.25, 0.3) is 0 Å². The first-order valence-corrected chi connectivity index (χ1v) is 9.58. The maximum Gasteiger partial charge on any atom is 0.490 e. The van der Waals surface area contributed by atoms with Gasteiger partial charge < -0.3 is 24.5 Å². The molecule has 2 unspecified atom stereocenters. The maximum atomic E-state index is 12.9. The topological polar surface area (TPSA) is 118 Å². The molecule has 1 amide bonds. The number of ether oxygens (including phenoxy) is 1. The molecule has 2 fully saturated rings. The van der Waals surface area contributed by atoms with Crippen LogP contribution in [0, 0.1) is 5.82 Å². The minimum atomic E-state index is -5.08. The van der Waals surface area contributed by atoms with Crippen LogP contribution in [0.15, 0.2) is 35.4 Å². The van der Waals surface area contributed by atoms with Gasteiger partial charge in [-0.05, 0) is 18.9 Å². The number of hydrogen-bond acceptors (Lipinski definition) is 7. The largest absolute Gasteiger partial charge is 0.490 e. The third-order valence-corrected chi connectivity index (χ3v) is 5.00. The van der Waals surface area contributed by atoms with E-state index in [1.165, 1.54) is 12.5 Å². The summed E-state index contributed by atoms with van der Waals surface area (Å²) < 4.78 is 55.7. The van der Waals surface area contributed by atoms with Gasteiger partial charge in [-0.15, -0.1) is 0 Å². The summed E-state index contributed by atoms with van der Waals surface area (Å²) in [4.78, 5) is 31.1. The number of anilines is 1. The molecular weight excluding hydrogens is 440 g/mol. The van der Waals surface area contributed by atoms with Crippen LogP contribution in [0.2, 0.25) is 0 Å². The Morgan fingerprint density at radius 2 is 1.97 bits per heavy atom. The molecule has 2 aromatic rings. The third kappa shape index (κ3) is 5.93. The molecule has 4 heterocycles. The van der Waals surface area contributed by atoms with E-state index in [2.05, 4.69) is 15.3 Å². The van der Waals surface area contributed by atoms with E-state index in [0.29, 0.717) is 31.2 Å². The Kier molecular flexibility index (Phi) is 6.96. The van der Waals surface area contributed by atoms with Crippen LogP contribution in [0.5, 0.6) is 0 Å². The third-order valence-electron chi connectivity index (χ3n) is 5.00. The van der Waals surface area contributed by atoms with Crippen molar-refractivity contribution in [2.45, 2.75) is 37.1 Å². The van der Waals surface area contributed by atoms with Gasteiger partial charge >= 0.3 is 12.1 Å². The number of nitrogens with zero attached hydrogens (tertiary/aromatic N) is 3. The fourth-order valence-corrected chi connectivity index (χ4v) is 3.63. The molecule has 1 spiro atoms. The Morgan fingerprint density at radius 1 is 1.28 bits per heavy atom. The molecule has 2 N–H and O–H groups in total. The Balaban J connectivity index is 0.000000360. The number of aromatic nitrogens is 2. The van der Waals surface area contributed by atoms with Gasteiger partial charge in [0.05, 0.1) is 49.0 Å². The highest BCUT2D eigenvalue weighted by atomic mass is 19.4. The number of hydrogen-bond donors (Lipinski definition) is 2. The smallest absolute Gasteiger partial charge is 0.475 e. The van der Waals surface area contributed by atoms with E-state index in [1.807, 2.05) is 4.90 Å². The molecule has 2 aromatic heterocycles. The van der Waals surface area contributed by atoms with E-state index in [-0.39, 0.29) is 17.6 Å². The Labute approximate surface area is 179 Å². The van der Waals surface area contributed by atoms with Crippen molar-refractivity contribution in [2.75, 3.05) is 25.0 Å². The van der Waals surface area contributed by atoms with Gasteiger partial charge in [-0.2, -0.15) is 13.2 Å². The average molecular weight is 460 g/mol. The van der Waals surface area contributed by atoms with Crippen LogP contribution in [-0.4, -0.2) is 69.4 Å². The van der Waals surface area contributed by atoms with Crippen LogP contribution in [-0.2, 0) is 9.53 Å². The molecular formula is C19H20F4N4O5. The van der Waals surface area contributed by atoms with Crippen molar-refractivity contribution in [1.29, 1.82) is 0 Å². The second kappa shape index (κ2) is 9.51. The molecule has 32 heavy (non-hydrogen) atoms. The number of furan rings is 1. The van der Waals surface area contributed by atoms with Gasteiger partial charge in [-0.3, -0.25) is 4.79 Å². The number of carbonyl (C=O) groups is 2. The standard InChI is InChI=1S/C17H19FN4O3.C2HF3O2/c18-13-7-19-16(20-8-13)21-14-6-17(25-10-14)3-1-4-22(11-17)15(23)12-2-5-24-9-12;3-2(4,5)1(6)7/h2,5,7-9,14H,1,3-4,6,10-11H2,(H,19,20,21);(H,6,7). The molecule has 2 atom stereocenters. The molecule has 2 aliphatic rings. The van der Waals surface area contributed by atoms with Crippen molar-refractivity contribution >= 4 is 17.8 Å². The van der Waals surface area contributed by atoms with E-state index < -0.39 is 18.0 Å². The second-order valence-corrected chi connectivity index (χ2v) is 7.41. The summed E-state index contributed by atoms with van der Waals surface area (Å²) >= 11 is 0. The lowest BCUT2D eigenvalue weighted by Gasteiger charge is -2.39. The highest BCUT2D eigenvalue weighted by molar-refractivity contribution is 5.93. The van der Waals surface area contributed by atoms with Gasteiger partial charge in [0, 0.05) is 13.0 Å². The van der Waals surface area contributed by atoms with E-state index in [9.17, 15) is 22.4 Å². The predicted octanol–water partition coefficient (Wildman–Crippen LogP) is 2.72. The zero-order valence-corrected chi connectivity index (χ0v) is 16.6. The molecule has 4 rings (SSSR count). The van der Waals surface area contributed by atoms with Gasteiger partial charge in [-0.25, -0.2) is 19.2 Å². The van der Waals surface area contributed by atoms with E-state index in [4.69, 9.17) is 19.1 Å². The minimum absolute atomic E-state index is 0.0327. The highest BCUT2D eigenvalue weighted by Gasteiger charge is 2.45. The van der Waals surface area contributed by atoms with Crippen LogP contribution < -0.4 is 5.32 Å². The number of likely N-dealkylation sites (tertiary alicyclic amines) is 1. The average Bonchev–Trinajstić information content (AvgIpc) is 3.40. The maximum absolute atomic E-state index is 12.9. The summed E-state index contributed by atoms with van der Waals surface area (Å²) in [7, 11) is 0. The molecule has 13 heteroatoms. The summed E-state index contributed by atoms with van der Waals surface area (Å²) in [5.41, 5.74) is 0.208. The van der Waals surface area contributed by atoms with Crippen molar-refractivity contribution < 1.29 is 41.4 Å². The number of nitrogens with one attached hydrogen (secondary N) is 1. The van der Waals surface area contributed by atoms with E-state index in [1.54, 1.807) is 6.07 Å². The second-order valence-electron chi connectivity index (χ2n) is 7.41. The SMILES string of the molecule is O=C(O)C(F)(F)F.O=C(c1ccoc1)N1CCCC2(CC(Nc3ncc(F)cn3)CO2)C1. The summed E-state index contributed by atoms with van der Waals surface area (Å²) in [5, 5.41) is 10.3. The fraction of sp³-hybridized carbons (Fsp3) is 0.474. The quantitative estimate of drug-likeness (QED) is 0.672. The molecule has 0 aromatic carbocycles. The van der Waals surface area contributed by atoms with Gasteiger partial charge in [0.2, 0.25) is 5.95 Å². The highest BCUT2D eigenvalue weighted by Crippen LogP contribution is 2.36. The monoisotopic (exact) mass is 460 g/mol. The summed E-state index contributed by atoms with van der Waals surface area (Å²) in [6.07, 6.45) is 2.70. The van der Waals surface area contributed by atoms with Crippen LogP contribution in [0.3, 0.4) is 0 Å². The van der Waals surface area contributed by atoms with Gasteiger partial charge in [0.15, 0.2) is 5.82 Å². The molecule has 174 valence electrons. The van der Waals surface area contributed by atoms with Crippen LogP contribution in [0.1, 0.15) is 29.6 Å². The van der Waals surface area contributed by atoms with Crippen LogP contribution >= 0.6 is 0 Å². The van der Waals surface area contributed by atoms with Crippen molar-refractivity contribution in [2.24, 2.45) is 0 Å². The Morgan fingerprint density at radius 3 is 2.56 bits per heavy atom. The first-order chi connectivity index (χ1) is 15.1. The number of carboxylic acid groups (broad SMARTS) is 1. The number of carbonyl (C=O) groups excluding carboxylic acids is 1. The lowest BCUT2D eigenvalue weighted by Crippen LogP contribution is -2.50. The lowest BCUT2D eigenvalue weighted by molar-refractivity contribution is -0.192. The predicted molar refractivity (Wildman–Crippen MR) is 100 cm³/mol. The van der Waals surface area contributed by atoms with E-state index in [0.717, 1.165) is 31.7 Å². The number of alkyl halides is 3. The molecule has 0 bridgehead atoms. The number of aliphatic carboxylic acids is 1. The Bertz CT molecular complexity index is 923. The molecule has 0 saturated carbocycles. The molecule has 0 aliphatic carbocycles.